The number of aryl methyl sites for hydroxylation is 2. The average molecular weight is 237 g/mol. The molecule has 1 atom stereocenters. The fourth-order valence-corrected chi connectivity index (χ4v) is 2.25. The van der Waals surface area contributed by atoms with Crippen molar-refractivity contribution in [2.45, 2.75) is 25.9 Å². The maximum absolute atomic E-state index is 9.89. The molecular weight excluding hydrogens is 222 g/mol. The van der Waals surface area contributed by atoms with Crippen LogP contribution in [-0.4, -0.2) is 26.0 Å². The van der Waals surface area contributed by atoms with E-state index < -0.39 is 6.10 Å². The summed E-state index contributed by atoms with van der Waals surface area (Å²) in [6, 6.07) is 1.93. The Bertz CT molecular complexity index is 421. The highest BCUT2D eigenvalue weighted by Crippen LogP contribution is 2.11. The van der Waals surface area contributed by atoms with Crippen LogP contribution >= 0.6 is 11.3 Å². The molecule has 1 unspecified atom stereocenters. The van der Waals surface area contributed by atoms with Crippen molar-refractivity contribution in [3.63, 3.8) is 0 Å². The van der Waals surface area contributed by atoms with E-state index in [1.165, 1.54) is 0 Å². The number of hydrogen-bond donors (Lipinski definition) is 1. The molecule has 0 saturated heterocycles. The minimum Gasteiger partial charge on any atom is -0.392 e. The van der Waals surface area contributed by atoms with Crippen LogP contribution in [0.4, 0.5) is 0 Å². The lowest BCUT2D eigenvalue weighted by molar-refractivity contribution is 0.173. The van der Waals surface area contributed by atoms with Gasteiger partial charge in [0.15, 0.2) is 0 Å². The number of rotatable bonds is 4. The van der Waals surface area contributed by atoms with E-state index in [9.17, 15) is 5.11 Å². The van der Waals surface area contributed by atoms with Gasteiger partial charge in [0.25, 0.3) is 0 Å². The van der Waals surface area contributed by atoms with Crippen LogP contribution in [0.5, 0.6) is 0 Å². The van der Waals surface area contributed by atoms with Gasteiger partial charge in [-0.2, -0.15) is 5.10 Å². The van der Waals surface area contributed by atoms with Gasteiger partial charge in [-0.05, 0) is 13.0 Å². The highest BCUT2D eigenvalue weighted by molar-refractivity contribution is 7.09. The maximum Gasteiger partial charge on any atom is 0.0897 e. The van der Waals surface area contributed by atoms with Gasteiger partial charge in [0, 0.05) is 31.5 Å². The minimum atomic E-state index is -0.406. The van der Waals surface area contributed by atoms with E-state index in [4.69, 9.17) is 0 Å². The first-order valence-corrected chi connectivity index (χ1v) is 6.09. The molecular formula is C11H15N3OS. The molecule has 1 N–H and O–H groups in total. The van der Waals surface area contributed by atoms with Crippen LogP contribution < -0.4 is 0 Å². The van der Waals surface area contributed by atoms with Gasteiger partial charge in [0.05, 0.1) is 22.5 Å². The monoisotopic (exact) mass is 237 g/mol. The van der Waals surface area contributed by atoms with Crippen molar-refractivity contribution in [3.05, 3.63) is 34.0 Å². The standard InChI is InChI=1S/C11H15N3OS/c1-8-12-10(7-16-8)6-11(15)5-9-3-4-14(2)13-9/h3-4,7,11,15H,5-6H2,1-2H3. The second kappa shape index (κ2) is 4.76. The molecule has 4 nitrogen and oxygen atoms in total. The molecule has 0 amide bonds. The molecule has 0 aliphatic rings. The molecule has 2 heterocycles. The normalized spacial score (nSPS) is 12.9. The highest BCUT2D eigenvalue weighted by Gasteiger charge is 2.10. The molecule has 0 spiro atoms. The van der Waals surface area contributed by atoms with Crippen LogP contribution in [0, 0.1) is 6.92 Å². The Morgan fingerprint density at radius 3 is 2.75 bits per heavy atom. The molecule has 0 radical (unpaired) electrons. The third-order valence-electron chi connectivity index (χ3n) is 2.32. The van der Waals surface area contributed by atoms with Crippen molar-refractivity contribution in [2.75, 3.05) is 0 Å². The fraction of sp³-hybridized carbons (Fsp3) is 0.455. The Morgan fingerprint density at radius 2 is 2.19 bits per heavy atom. The topological polar surface area (TPSA) is 50.9 Å². The first-order chi connectivity index (χ1) is 7.63. The predicted molar refractivity (Wildman–Crippen MR) is 63.5 cm³/mol. The molecule has 5 heteroatoms. The Kier molecular flexibility index (Phi) is 3.36. The summed E-state index contributed by atoms with van der Waals surface area (Å²) in [5.74, 6) is 0. The summed E-state index contributed by atoms with van der Waals surface area (Å²) in [5, 5.41) is 17.2. The molecule has 0 aromatic carbocycles. The van der Waals surface area contributed by atoms with E-state index in [0.29, 0.717) is 12.8 Å². The van der Waals surface area contributed by atoms with E-state index in [1.807, 2.05) is 31.6 Å². The van der Waals surface area contributed by atoms with Crippen molar-refractivity contribution >= 4 is 11.3 Å². The van der Waals surface area contributed by atoms with Gasteiger partial charge in [-0.15, -0.1) is 11.3 Å². The molecule has 16 heavy (non-hydrogen) atoms. The lowest BCUT2D eigenvalue weighted by atomic mass is 10.1. The molecule has 86 valence electrons. The Labute approximate surface area is 98.6 Å². The van der Waals surface area contributed by atoms with Crippen molar-refractivity contribution in [1.29, 1.82) is 0 Å². The second-order valence-corrected chi connectivity index (χ2v) is 4.96. The number of thiazole rings is 1. The first kappa shape index (κ1) is 11.3. The number of aliphatic hydroxyl groups excluding tert-OH is 1. The molecule has 0 bridgehead atoms. The van der Waals surface area contributed by atoms with E-state index in [0.717, 1.165) is 16.4 Å². The molecule has 2 aromatic heterocycles. The minimum absolute atomic E-state index is 0.406. The van der Waals surface area contributed by atoms with E-state index in [1.54, 1.807) is 16.0 Å². The Balaban J connectivity index is 1.91. The van der Waals surface area contributed by atoms with Gasteiger partial charge >= 0.3 is 0 Å². The summed E-state index contributed by atoms with van der Waals surface area (Å²) in [7, 11) is 1.87. The van der Waals surface area contributed by atoms with Crippen LogP contribution in [-0.2, 0) is 19.9 Å². The lowest BCUT2D eigenvalue weighted by Crippen LogP contribution is -2.14. The van der Waals surface area contributed by atoms with Crippen molar-refractivity contribution < 1.29 is 5.11 Å². The zero-order chi connectivity index (χ0) is 11.5. The van der Waals surface area contributed by atoms with E-state index in [-0.39, 0.29) is 0 Å². The molecule has 0 fully saturated rings. The Hall–Kier alpha value is -1.20. The fourth-order valence-electron chi connectivity index (χ4n) is 1.63. The van der Waals surface area contributed by atoms with Crippen molar-refractivity contribution in [1.82, 2.24) is 14.8 Å². The first-order valence-electron chi connectivity index (χ1n) is 5.21. The molecule has 0 aliphatic heterocycles. The quantitative estimate of drug-likeness (QED) is 0.873. The van der Waals surface area contributed by atoms with E-state index >= 15 is 0 Å². The molecule has 0 saturated carbocycles. The summed E-state index contributed by atoms with van der Waals surface area (Å²) in [6.07, 6.45) is 2.66. The van der Waals surface area contributed by atoms with Crippen LogP contribution in [0.15, 0.2) is 17.6 Å². The van der Waals surface area contributed by atoms with Gasteiger partial charge in [-0.1, -0.05) is 0 Å². The van der Waals surface area contributed by atoms with Crippen LogP contribution in [0.25, 0.3) is 0 Å². The number of aliphatic hydroxyl groups is 1. The van der Waals surface area contributed by atoms with E-state index in [2.05, 4.69) is 10.1 Å². The second-order valence-electron chi connectivity index (χ2n) is 3.90. The van der Waals surface area contributed by atoms with Gasteiger partial charge in [-0.3, -0.25) is 4.68 Å². The molecule has 2 aromatic rings. The summed E-state index contributed by atoms with van der Waals surface area (Å²) in [5.41, 5.74) is 1.88. The number of nitrogens with zero attached hydrogens (tertiary/aromatic N) is 3. The average Bonchev–Trinajstić information content (AvgIpc) is 2.76. The van der Waals surface area contributed by atoms with Crippen LogP contribution in [0.2, 0.25) is 0 Å². The third kappa shape index (κ3) is 2.90. The summed E-state index contributed by atoms with van der Waals surface area (Å²) >= 11 is 1.61. The van der Waals surface area contributed by atoms with Gasteiger partial charge < -0.3 is 5.11 Å². The highest BCUT2D eigenvalue weighted by atomic mass is 32.1. The zero-order valence-electron chi connectivity index (χ0n) is 9.42. The molecule has 2 rings (SSSR count). The van der Waals surface area contributed by atoms with Gasteiger partial charge in [-0.25, -0.2) is 4.98 Å². The zero-order valence-corrected chi connectivity index (χ0v) is 10.2. The molecule has 0 aliphatic carbocycles. The van der Waals surface area contributed by atoms with Crippen LogP contribution in [0.1, 0.15) is 16.4 Å². The lowest BCUT2D eigenvalue weighted by Gasteiger charge is -2.06. The SMILES string of the molecule is Cc1nc(CC(O)Cc2ccn(C)n2)cs1. The summed E-state index contributed by atoms with van der Waals surface area (Å²) < 4.78 is 1.75. The third-order valence-corrected chi connectivity index (χ3v) is 3.15. The maximum atomic E-state index is 9.89. The number of aromatic nitrogens is 3. The largest absolute Gasteiger partial charge is 0.392 e. The summed E-state index contributed by atoms with van der Waals surface area (Å²) in [4.78, 5) is 4.33. The Morgan fingerprint density at radius 1 is 1.44 bits per heavy atom. The van der Waals surface area contributed by atoms with Crippen molar-refractivity contribution in [2.24, 2.45) is 7.05 Å². The van der Waals surface area contributed by atoms with Gasteiger partial charge in [0.1, 0.15) is 0 Å². The predicted octanol–water partition coefficient (Wildman–Crippen LogP) is 1.33. The smallest absolute Gasteiger partial charge is 0.0897 e. The van der Waals surface area contributed by atoms with Crippen LogP contribution in [0.3, 0.4) is 0 Å². The van der Waals surface area contributed by atoms with Crippen molar-refractivity contribution in [3.8, 4) is 0 Å². The summed E-state index contributed by atoms with van der Waals surface area (Å²) in [6.45, 7) is 1.97. The number of hydrogen-bond acceptors (Lipinski definition) is 4. The van der Waals surface area contributed by atoms with Gasteiger partial charge in [0.2, 0.25) is 0 Å².